The van der Waals surface area contributed by atoms with Crippen LogP contribution in [0.25, 0.3) is 0 Å². The summed E-state index contributed by atoms with van der Waals surface area (Å²) in [5.74, 6) is -3.40. The minimum atomic E-state index is -2.63. The van der Waals surface area contributed by atoms with Crippen LogP contribution in [0.2, 0.25) is 0 Å². The minimum Gasteiger partial charge on any atom is -0.299 e. The molecule has 0 bridgehead atoms. The molecule has 1 saturated carbocycles. The predicted octanol–water partition coefficient (Wildman–Crippen LogP) is 3.82. The first-order valence-corrected chi connectivity index (χ1v) is 5.64. The van der Waals surface area contributed by atoms with Crippen molar-refractivity contribution in [1.29, 1.82) is 0 Å². The SMILES string of the molecule is CC(C)(C)C(=O)CC1CCCCC1(F)F. The maximum absolute atomic E-state index is 13.5. The Kier molecular flexibility index (Phi) is 3.51. The molecule has 15 heavy (non-hydrogen) atoms. The van der Waals surface area contributed by atoms with Crippen LogP contribution >= 0.6 is 0 Å². The monoisotopic (exact) mass is 218 g/mol. The van der Waals surface area contributed by atoms with Gasteiger partial charge in [0, 0.05) is 24.2 Å². The van der Waals surface area contributed by atoms with Gasteiger partial charge in [-0.15, -0.1) is 0 Å². The molecule has 1 atom stereocenters. The summed E-state index contributed by atoms with van der Waals surface area (Å²) >= 11 is 0. The summed E-state index contributed by atoms with van der Waals surface area (Å²) in [7, 11) is 0. The summed E-state index contributed by atoms with van der Waals surface area (Å²) in [5.41, 5.74) is -0.493. The number of hydrogen-bond acceptors (Lipinski definition) is 1. The van der Waals surface area contributed by atoms with Gasteiger partial charge < -0.3 is 0 Å². The number of ketones is 1. The second-order valence-electron chi connectivity index (χ2n) is 5.58. The molecular formula is C12H20F2O. The number of alkyl halides is 2. The molecule has 0 aromatic carbocycles. The van der Waals surface area contributed by atoms with Gasteiger partial charge in [-0.25, -0.2) is 8.78 Å². The lowest BCUT2D eigenvalue weighted by Gasteiger charge is -2.32. The zero-order valence-electron chi connectivity index (χ0n) is 9.78. The molecule has 0 heterocycles. The Morgan fingerprint density at radius 1 is 1.33 bits per heavy atom. The number of rotatable bonds is 2. The zero-order chi connectivity index (χ0) is 11.7. The number of hydrogen-bond donors (Lipinski definition) is 0. The molecule has 1 unspecified atom stereocenters. The second-order valence-corrected chi connectivity index (χ2v) is 5.58. The smallest absolute Gasteiger partial charge is 0.251 e. The van der Waals surface area contributed by atoms with Gasteiger partial charge in [0.2, 0.25) is 0 Å². The van der Waals surface area contributed by atoms with E-state index in [2.05, 4.69) is 0 Å². The number of carbonyl (C=O) groups excluding carboxylic acids is 1. The molecule has 1 nitrogen and oxygen atoms in total. The van der Waals surface area contributed by atoms with E-state index < -0.39 is 17.3 Å². The largest absolute Gasteiger partial charge is 0.299 e. The Balaban J connectivity index is 2.61. The van der Waals surface area contributed by atoms with Crippen LogP contribution in [0.3, 0.4) is 0 Å². The van der Waals surface area contributed by atoms with Gasteiger partial charge in [0.25, 0.3) is 5.92 Å². The van der Waals surface area contributed by atoms with Gasteiger partial charge in [0.1, 0.15) is 5.78 Å². The van der Waals surface area contributed by atoms with Crippen molar-refractivity contribution in [1.82, 2.24) is 0 Å². The summed E-state index contributed by atoms with van der Waals surface area (Å²) in [6.45, 7) is 5.36. The average Bonchev–Trinajstić information content (AvgIpc) is 2.06. The van der Waals surface area contributed by atoms with Crippen LogP contribution in [0.4, 0.5) is 8.78 Å². The van der Waals surface area contributed by atoms with Gasteiger partial charge in [0.15, 0.2) is 0 Å². The van der Waals surface area contributed by atoms with Crippen LogP contribution in [-0.4, -0.2) is 11.7 Å². The van der Waals surface area contributed by atoms with Crippen LogP contribution < -0.4 is 0 Å². The lowest BCUT2D eigenvalue weighted by Crippen LogP contribution is -2.35. The average molecular weight is 218 g/mol. The fourth-order valence-corrected chi connectivity index (χ4v) is 1.95. The van der Waals surface area contributed by atoms with Gasteiger partial charge in [-0.3, -0.25) is 4.79 Å². The molecule has 0 aliphatic heterocycles. The van der Waals surface area contributed by atoms with Crippen molar-refractivity contribution in [3.8, 4) is 0 Å². The summed E-state index contributed by atoms with van der Waals surface area (Å²) in [5, 5.41) is 0. The normalized spacial score (nSPS) is 26.3. The number of carbonyl (C=O) groups is 1. The molecule has 1 aliphatic rings. The topological polar surface area (TPSA) is 17.1 Å². The summed E-state index contributed by atoms with van der Waals surface area (Å²) in [6, 6.07) is 0. The molecule has 0 amide bonds. The van der Waals surface area contributed by atoms with Crippen LogP contribution in [-0.2, 0) is 4.79 Å². The third kappa shape index (κ3) is 3.25. The molecule has 1 rings (SSSR count). The van der Waals surface area contributed by atoms with Gasteiger partial charge in [-0.1, -0.05) is 27.2 Å². The van der Waals surface area contributed by atoms with E-state index in [1.165, 1.54) is 0 Å². The maximum atomic E-state index is 13.5. The molecular weight excluding hydrogens is 198 g/mol. The van der Waals surface area contributed by atoms with Crippen molar-refractivity contribution in [2.75, 3.05) is 0 Å². The first-order valence-electron chi connectivity index (χ1n) is 5.64. The molecule has 0 spiro atoms. The van der Waals surface area contributed by atoms with E-state index in [4.69, 9.17) is 0 Å². The lowest BCUT2D eigenvalue weighted by atomic mass is 9.78. The van der Waals surface area contributed by atoms with Crippen LogP contribution in [0.15, 0.2) is 0 Å². The van der Waals surface area contributed by atoms with E-state index in [1.54, 1.807) is 20.8 Å². The van der Waals surface area contributed by atoms with E-state index in [1.807, 2.05) is 0 Å². The number of halogens is 2. The van der Waals surface area contributed by atoms with E-state index in [0.29, 0.717) is 12.8 Å². The Morgan fingerprint density at radius 3 is 2.40 bits per heavy atom. The highest BCUT2D eigenvalue weighted by molar-refractivity contribution is 5.83. The van der Waals surface area contributed by atoms with E-state index in [-0.39, 0.29) is 18.6 Å². The molecule has 1 aliphatic carbocycles. The van der Waals surface area contributed by atoms with Gasteiger partial charge in [-0.05, 0) is 12.8 Å². The summed E-state index contributed by atoms with van der Waals surface area (Å²) in [6.07, 6.45) is 1.91. The maximum Gasteiger partial charge on any atom is 0.251 e. The zero-order valence-corrected chi connectivity index (χ0v) is 9.78. The molecule has 1 fully saturated rings. The molecule has 0 saturated heterocycles. The van der Waals surface area contributed by atoms with Crippen LogP contribution in [0, 0.1) is 11.3 Å². The summed E-state index contributed by atoms with van der Waals surface area (Å²) in [4.78, 5) is 11.7. The quantitative estimate of drug-likeness (QED) is 0.688. The standard InChI is InChI=1S/C12H20F2O/c1-11(2,3)10(15)8-9-6-4-5-7-12(9,13)14/h9H,4-8H2,1-3H3. The van der Waals surface area contributed by atoms with E-state index in [9.17, 15) is 13.6 Å². The van der Waals surface area contributed by atoms with Crippen molar-refractivity contribution in [2.45, 2.75) is 58.8 Å². The molecule has 88 valence electrons. The summed E-state index contributed by atoms with van der Waals surface area (Å²) < 4.78 is 26.9. The van der Waals surface area contributed by atoms with Crippen molar-refractivity contribution in [3.05, 3.63) is 0 Å². The highest BCUT2D eigenvalue weighted by Crippen LogP contribution is 2.41. The molecule has 0 radical (unpaired) electrons. The highest BCUT2D eigenvalue weighted by Gasteiger charge is 2.43. The van der Waals surface area contributed by atoms with Crippen molar-refractivity contribution >= 4 is 5.78 Å². The van der Waals surface area contributed by atoms with Crippen LogP contribution in [0.5, 0.6) is 0 Å². The fourth-order valence-electron chi connectivity index (χ4n) is 1.95. The minimum absolute atomic E-state index is 0.0382. The van der Waals surface area contributed by atoms with E-state index >= 15 is 0 Å². The molecule has 3 heteroatoms. The molecule has 0 N–H and O–H groups in total. The third-order valence-electron chi connectivity index (χ3n) is 3.18. The van der Waals surface area contributed by atoms with Crippen molar-refractivity contribution < 1.29 is 13.6 Å². The predicted molar refractivity (Wildman–Crippen MR) is 56.0 cm³/mol. The Labute approximate surface area is 90.2 Å². The van der Waals surface area contributed by atoms with Gasteiger partial charge >= 0.3 is 0 Å². The Bertz CT molecular complexity index is 240. The molecule has 0 aromatic heterocycles. The Morgan fingerprint density at radius 2 is 1.93 bits per heavy atom. The second kappa shape index (κ2) is 4.18. The van der Waals surface area contributed by atoms with Crippen molar-refractivity contribution in [3.63, 3.8) is 0 Å². The lowest BCUT2D eigenvalue weighted by molar-refractivity contribution is -0.135. The van der Waals surface area contributed by atoms with Gasteiger partial charge in [-0.2, -0.15) is 0 Å². The molecule has 0 aromatic rings. The van der Waals surface area contributed by atoms with Crippen LogP contribution in [0.1, 0.15) is 52.9 Å². The number of Topliss-reactive ketones (excluding diaryl/α,β-unsaturated/α-hetero) is 1. The third-order valence-corrected chi connectivity index (χ3v) is 3.18. The Hall–Kier alpha value is -0.470. The highest BCUT2D eigenvalue weighted by atomic mass is 19.3. The first kappa shape index (κ1) is 12.6. The fraction of sp³-hybridized carbons (Fsp3) is 0.917. The van der Waals surface area contributed by atoms with Crippen molar-refractivity contribution in [2.24, 2.45) is 11.3 Å². The first-order chi connectivity index (χ1) is 6.73. The van der Waals surface area contributed by atoms with Gasteiger partial charge in [0.05, 0.1) is 0 Å². The van der Waals surface area contributed by atoms with E-state index in [0.717, 1.165) is 6.42 Å².